The summed E-state index contributed by atoms with van der Waals surface area (Å²) >= 11 is 0. The Kier molecular flexibility index (Phi) is 3.71. The number of nitrogens with one attached hydrogen (secondary N) is 1. The summed E-state index contributed by atoms with van der Waals surface area (Å²) in [7, 11) is 0. The van der Waals surface area contributed by atoms with Crippen LogP contribution < -0.4 is 5.32 Å². The van der Waals surface area contributed by atoms with Gasteiger partial charge in [-0.3, -0.25) is 0 Å². The standard InChI is InChI=1S/C15H23NO2/c1-4-14(15(6-1)7-11-17-12-8-15)16-9-5-13-3-2-10-18-13/h2-3,10,14,16H,1,4-9,11-12H2. The van der Waals surface area contributed by atoms with E-state index in [1.807, 2.05) is 6.07 Å². The van der Waals surface area contributed by atoms with E-state index in [0.29, 0.717) is 11.5 Å². The van der Waals surface area contributed by atoms with Crippen LogP contribution in [0.5, 0.6) is 0 Å². The lowest BCUT2D eigenvalue weighted by atomic mass is 9.75. The molecule has 1 aliphatic carbocycles. The van der Waals surface area contributed by atoms with Crippen molar-refractivity contribution in [2.24, 2.45) is 5.41 Å². The quantitative estimate of drug-likeness (QED) is 0.891. The van der Waals surface area contributed by atoms with Gasteiger partial charge in [-0.2, -0.15) is 0 Å². The zero-order valence-electron chi connectivity index (χ0n) is 11.0. The third-order valence-corrected chi connectivity index (χ3v) is 4.74. The Bertz CT molecular complexity index is 355. The lowest BCUT2D eigenvalue weighted by Crippen LogP contribution is -2.45. The van der Waals surface area contributed by atoms with Gasteiger partial charge in [0.15, 0.2) is 0 Å². The Hall–Kier alpha value is -0.800. The predicted molar refractivity (Wildman–Crippen MR) is 70.5 cm³/mol. The number of furan rings is 1. The summed E-state index contributed by atoms with van der Waals surface area (Å²) in [6, 6.07) is 4.71. The zero-order chi connectivity index (χ0) is 12.3. The molecule has 0 radical (unpaired) electrons. The average Bonchev–Trinajstić information content (AvgIpc) is 3.02. The molecule has 1 saturated carbocycles. The van der Waals surface area contributed by atoms with Crippen molar-refractivity contribution in [3.8, 4) is 0 Å². The minimum Gasteiger partial charge on any atom is -0.469 e. The number of hydrogen-bond acceptors (Lipinski definition) is 3. The largest absolute Gasteiger partial charge is 0.469 e. The fraction of sp³-hybridized carbons (Fsp3) is 0.733. The Labute approximate surface area is 109 Å². The van der Waals surface area contributed by atoms with Gasteiger partial charge in [-0.15, -0.1) is 0 Å². The number of ether oxygens (including phenoxy) is 1. The molecule has 0 aromatic carbocycles. The second-order valence-corrected chi connectivity index (χ2v) is 5.70. The summed E-state index contributed by atoms with van der Waals surface area (Å²) in [4.78, 5) is 0. The minimum atomic E-state index is 0.529. The maximum absolute atomic E-state index is 5.53. The Balaban J connectivity index is 1.52. The molecule has 1 aliphatic heterocycles. The van der Waals surface area contributed by atoms with Crippen molar-refractivity contribution in [3.63, 3.8) is 0 Å². The van der Waals surface area contributed by atoms with E-state index < -0.39 is 0 Å². The van der Waals surface area contributed by atoms with Crippen LogP contribution in [0.1, 0.15) is 37.9 Å². The van der Waals surface area contributed by atoms with Gasteiger partial charge in [-0.1, -0.05) is 6.42 Å². The van der Waals surface area contributed by atoms with E-state index in [1.165, 1.54) is 32.1 Å². The van der Waals surface area contributed by atoms with E-state index in [1.54, 1.807) is 6.26 Å². The molecule has 3 heteroatoms. The van der Waals surface area contributed by atoms with Crippen LogP contribution in [-0.4, -0.2) is 25.8 Å². The fourth-order valence-corrected chi connectivity index (χ4v) is 3.66. The molecular formula is C15H23NO2. The molecule has 3 nitrogen and oxygen atoms in total. The summed E-state index contributed by atoms with van der Waals surface area (Å²) in [5.41, 5.74) is 0.529. The van der Waals surface area contributed by atoms with Crippen molar-refractivity contribution in [1.29, 1.82) is 0 Å². The maximum atomic E-state index is 5.53. The van der Waals surface area contributed by atoms with Crippen LogP contribution in [0.3, 0.4) is 0 Å². The molecule has 1 atom stereocenters. The van der Waals surface area contributed by atoms with Gasteiger partial charge in [0.25, 0.3) is 0 Å². The zero-order valence-corrected chi connectivity index (χ0v) is 11.0. The molecule has 1 saturated heterocycles. The molecule has 2 aliphatic rings. The summed E-state index contributed by atoms with van der Waals surface area (Å²) in [5.74, 6) is 1.08. The van der Waals surface area contributed by atoms with E-state index in [0.717, 1.165) is 31.9 Å². The highest BCUT2D eigenvalue weighted by atomic mass is 16.5. The molecule has 1 N–H and O–H groups in total. The van der Waals surface area contributed by atoms with Crippen LogP contribution in [0.2, 0.25) is 0 Å². The monoisotopic (exact) mass is 249 g/mol. The van der Waals surface area contributed by atoms with Crippen molar-refractivity contribution >= 4 is 0 Å². The van der Waals surface area contributed by atoms with Crippen LogP contribution in [-0.2, 0) is 11.2 Å². The van der Waals surface area contributed by atoms with Gasteiger partial charge in [0.2, 0.25) is 0 Å². The first-order valence-corrected chi connectivity index (χ1v) is 7.23. The molecule has 2 fully saturated rings. The van der Waals surface area contributed by atoms with Crippen LogP contribution in [0.4, 0.5) is 0 Å². The Morgan fingerprint density at radius 3 is 2.94 bits per heavy atom. The second kappa shape index (κ2) is 5.45. The molecular weight excluding hydrogens is 226 g/mol. The maximum Gasteiger partial charge on any atom is 0.105 e. The Morgan fingerprint density at radius 1 is 1.28 bits per heavy atom. The summed E-state index contributed by atoms with van der Waals surface area (Å²) in [5, 5.41) is 3.76. The van der Waals surface area contributed by atoms with E-state index >= 15 is 0 Å². The SMILES string of the molecule is c1coc(CCNC2CCCC23CCOCC3)c1. The van der Waals surface area contributed by atoms with Gasteiger partial charge in [-0.05, 0) is 43.2 Å². The van der Waals surface area contributed by atoms with Crippen molar-refractivity contribution in [3.05, 3.63) is 24.2 Å². The normalized spacial score (nSPS) is 26.8. The van der Waals surface area contributed by atoms with Gasteiger partial charge in [0.05, 0.1) is 6.26 Å². The van der Waals surface area contributed by atoms with Gasteiger partial charge in [-0.25, -0.2) is 0 Å². The average molecular weight is 249 g/mol. The third-order valence-electron chi connectivity index (χ3n) is 4.74. The molecule has 0 amide bonds. The summed E-state index contributed by atoms with van der Waals surface area (Å²) in [6.45, 7) is 2.94. The highest BCUT2D eigenvalue weighted by Gasteiger charge is 2.43. The van der Waals surface area contributed by atoms with Crippen LogP contribution >= 0.6 is 0 Å². The molecule has 2 heterocycles. The lowest BCUT2D eigenvalue weighted by molar-refractivity contribution is 0.00451. The lowest BCUT2D eigenvalue weighted by Gasteiger charge is -2.39. The minimum absolute atomic E-state index is 0.529. The van der Waals surface area contributed by atoms with E-state index in [9.17, 15) is 0 Å². The molecule has 1 spiro atoms. The highest BCUT2D eigenvalue weighted by Crippen LogP contribution is 2.45. The number of hydrogen-bond donors (Lipinski definition) is 1. The van der Waals surface area contributed by atoms with Gasteiger partial charge in [0, 0.05) is 32.2 Å². The van der Waals surface area contributed by atoms with Crippen molar-refractivity contribution in [1.82, 2.24) is 5.32 Å². The summed E-state index contributed by atoms with van der Waals surface area (Å²) in [6.07, 6.45) is 9.32. The smallest absolute Gasteiger partial charge is 0.105 e. The molecule has 0 bridgehead atoms. The third kappa shape index (κ3) is 2.47. The molecule has 100 valence electrons. The highest BCUT2D eigenvalue weighted by molar-refractivity contribution is 5.00. The predicted octanol–water partition coefficient (Wildman–Crippen LogP) is 2.76. The summed E-state index contributed by atoms with van der Waals surface area (Å²) < 4.78 is 10.9. The van der Waals surface area contributed by atoms with Gasteiger partial charge < -0.3 is 14.5 Å². The van der Waals surface area contributed by atoms with Gasteiger partial charge in [0.1, 0.15) is 5.76 Å². The van der Waals surface area contributed by atoms with E-state index in [-0.39, 0.29) is 0 Å². The Morgan fingerprint density at radius 2 is 2.17 bits per heavy atom. The second-order valence-electron chi connectivity index (χ2n) is 5.70. The number of rotatable bonds is 4. The van der Waals surface area contributed by atoms with E-state index in [4.69, 9.17) is 9.15 Å². The molecule has 1 aromatic rings. The molecule has 18 heavy (non-hydrogen) atoms. The van der Waals surface area contributed by atoms with Crippen LogP contribution in [0, 0.1) is 5.41 Å². The molecule has 3 rings (SSSR count). The molecule has 1 unspecified atom stereocenters. The van der Waals surface area contributed by atoms with Crippen molar-refractivity contribution in [2.75, 3.05) is 19.8 Å². The first-order valence-electron chi connectivity index (χ1n) is 7.23. The molecule has 1 aromatic heterocycles. The first kappa shape index (κ1) is 12.2. The van der Waals surface area contributed by atoms with Crippen LogP contribution in [0.15, 0.2) is 22.8 Å². The van der Waals surface area contributed by atoms with Crippen molar-refractivity contribution in [2.45, 2.75) is 44.6 Å². The van der Waals surface area contributed by atoms with Crippen LogP contribution in [0.25, 0.3) is 0 Å². The topological polar surface area (TPSA) is 34.4 Å². The van der Waals surface area contributed by atoms with E-state index in [2.05, 4.69) is 11.4 Å². The van der Waals surface area contributed by atoms with Gasteiger partial charge >= 0.3 is 0 Å². The fourth-order valence-electron chi connectivity index (χ4n) is 3.66. The van der Waals surface area contributed by atoms with Crippen molar-refractivity contribution < 1.29 is 9.15 Å². The first-order chi connectivity index (χ1) is 8.89.